The Kier molecular flexibility index (Phi) is 5.41. The van der Waals surface area contributed by atoms with E-state index in [0.717, 1.165) is 18.4 Å². The third-order valence-corrected chi connectivity index (χ3v) is 6.15. The molecule has 2 rings (SSSR count). The molecular formula is C16H25NO3S. The van der Waals surface area contributed by atoms with E-state index >= 15 is 0 Å². The fraction of sp³-hybridized carbons (Fsp3) is 0.625. The van der Waals surface area contributed by atoms with E-state index in [2.05, 4.69) is 0 Å². The second-order valence-electron chi connectivity index (χ2n) is 6.03. The minimum Gasteiger partial charge on any atom is -0.389 e. The molecule has 0 saturated heterocycles. The van der Waals surface area contributed by atoms with Gasteiger partial charge in [-0.25, -0.2) is 12.7 Å². The predicted molar refractivity (Wildman–Crippen MR) is 83.5 cm³/mol. The van der Waals surface area contributed by atoms with Crippen molar-refractivity contribution in [3.05, 3.63) is 29.8 Å². The molecule has 0 amide bonds. The first-order valence-corrected chi connectivity index (χ1v) is 9.09. The van der Waals surface area contributed by atoms with Crippen LogP contribution in [0.3, 0.4) is 0 Å². The number of sulfonamides is 1. The van der Waals surface area contributed by atoms with Crippen molar-refractivity contribution in [3.8, 4) is 0 Å². The first-order valence-electron chi connectivity index (χ1n) is 7.65. The van der Waals surface area contributed by atoms with E-state index in [-0.39, 0.29) is 0 Å². The topological polar surface area (TPSA) is 57.6 Å². The number of benzene rings is 1. The summed E-state index contributed by atoms with van der Waals surface area (Å²) in [5, 5.41) is 9.48. The summed E-state index contributed by atoms with van der Waals surface area (Å²) in [7, 11) is -1.77. The lowest BCUT2D eigenvalue weighted by molar-refractivity contribution is 0.199. The van der Waals surface area contributed by atoms with Gasteiger partial charge in [0, 0.05) is 13.6 Å². The van der Waals surface area contributed by atoms with Gasteiger partial charge in [-0.15, -0.1) is 0 Å². The third kappa shape index (κ3) is 4.05. The van der Waals surface area contributed by atoms with Crippen LogP contribution in [-0.2, 0) is 10.0 Å². The van der Waals surface area contributed by atoms with Crippen LogP contribution in [0.1, 0.15) is 50.7 Å². The number of hydrogen-bond donors (Lipinski definition) is 1. The van der Waals surface area contributed by atoms with Crippen LogP contribution in [0.15, 0.2) is 29.2 Å². The highest BCUT2D eigenvalue weighted by Crippen LogP contribution is 2.26. The van der Waals surface area contributed by atoms with Crippen molar-refractivity contribution >= 4 is 10.0 Å². The maximum Gasteiger partial charge on any atom is 0.242 e. The van der Waals surface area contributed by atoms with Gasteiger partial charge in [0.25, 0.3) is 0 Å². The van der Waals surface area contributed by atoms with Crippen molar-refractivity contribution in [2.75, 3.05) is 13.6 Å². The summed E-state index contributed by atoms with van der Waals surface area (Å²) in [5.74, 6) is 0.482. The van der Waals surface area contributed by atoms with Crippen molar-refractivity contribution in [3.63, 3.8) is 0 Å². The monoisotopic (exact) mass is 311 g/mol. The van der Waals surface area contributed by atoms with E-state index in [4.69, 9.17) is 0 Å². The highest BCUT2D eigenvalue weighted by atomic mass is 32.2. The molecule has 4 nitrogen and oxygen atoms in total. The summed E-state index contributed by atoms with van der Waals surface area (Å²) < 4.78 is 26.6. The summed E-state index contributed by atoms with van der Waals surface area (Å²) in [5.41, 5.74) is 0.726. The molecule has 1 saturated carbocycles. The molecule has 0 aliphatic heterocycles. The Morgan fingerprint density at radius 2 is 1.76 bits per heavy atom. The Hall–Kier alpha value is -0.910. The van der Waals surface area contributed by atoms with E-state index in [0.29, 0.717) is 17.4 Å². The Morgan fingerprint density at radius 3 is 2.29 bits per heavy atom. The fourth-order valence-corrected chi connectivity index (χ4v) is 4.18. The second kappa shape index (κ2) is 6.90. The van der Waals surface area contributed by atoms with E-state index < -0.39 is 16.1 Å². The van der Waals surface area contributed by atoms with E-state index in [1.165, 1.54) is 23.6 Å². The molecule has 21 heavy (non-hydrogen) atoms. The van der Waals surface area contributed by atoms with E-state index in [1.54, 1.807) is 38.2 Å². The zero-order chi connectivity index (χ0) is 15.5. The highest BCUT2D eigenvalue weighted by Gasteiger charge is 2.24. The molecule has 1 N–H and O–H groups in total. The van der Waals surface area contributed by atoms with Crippen molar-refractivity contribution in [2.24, 2.45) is 5.92 Å². The van der Waals surface area contributed by atoms with Gasteiger partial charge in [-0.2, -0.15) is 0 Å². The van der Waals surface area contributed by atoms with Gasteiger partial charge in [-0.1, -0.05) is 31.4 Å². The largest absolute Gasteiger partial charge is 0.389 e. The number of aliphatic hydroxyl groups is 1. The zero-order valence-corrected chi connectivity index (χ0v) is 13.6. The molecule has 0 bridgehead atoms. The molecule has 1 aliphatic rings. The van der Waals surface area contributed by atoms with Gasteiger partial charge in [0.15, 0.2) is 0 Å². The average Bonchev–Trinajstić information content (AvgIpc) is 2.48. The Labute approximate surface area is 127 Å². The summed E-state index contributed by atoms with van der Waals surface area (Å²) >= 11 is 0. The van der Waals surface area contributed by atoms with Gasteiger partial charge in [0.1, 0.15) is 0 Å². The molecule has 0 radical (unpaired) electrons. The van der Waals surface area contributed by atoms with Gasteiger partial charge in [0.2, 0.25) is 10.0 Å². The van der Waals surface area contributed by atoms with Crippen LogP contribution in [0.4, 0.5) is 0 Å². The minimum atomic E-state index is -3.43. The Morgan fingerprint density at radius 1 is 1.19 bits per heavy atom. The third-order valence-electron chi connectivity index (χ3n) is 4.31. The minimum absolute atomic E-state index is 0.296. The quantitative estimate of drug-likeness (QED) is 0.909. The normalized spacial score (nSPS) is 18.9. The predicted octanol–water partition coefficient (Wildman–Crippen LogP) is 2.94. The molecule has 118 valence electrons. The van der Waals surface area contributed by atoms with E-state index in [1.807, 2.05) is 0 Å². The maximum atomic E-state index is 12.6. The molecule has 0 spiro atoms. The lowest BCUT2D eigenvalue weighted by atomic mass is 9.89. The molecule has 5 heteroatoms. The summed E-state index contributed by atoms with van der Waals surface area (Å²) in [6.45, 7) is 2.26. The Balaban J connectivity index is 2.08. The van der Waals surface area contributed by atoms with Crippen LogP contribution < -0.4 is 0 Å². The van der Waals surface area contributed by atoms with Gasteiger partial charge in [-0.05, 0) is 43.4 Å². The fourth-order valence-electron chi connectivity index (χ4n) is 2.93. The SMILES string of the molecule is CC(O)c1ccc(S(=O)(=O)N(C)CC2CCCCC2)cc1. The zero-order valence-electron chi connectivity index (χ0n) is 12.8. The number of rotatable bonds is 5. The average molecular weight is 311 g/mol. The molecule has 0 heterocycles. The molecule has 1 unspecified atom stereocenters. The van der Waals surface area contributed by atoms with E-state index in [9.17, 15) is 13.5 Å². The van der Waals surface area contributed by atoms with Crippen molar-refractivity contribution in [1.29, 1.82) is 0 Å². The van der Waals surface area contributed by atoms with Crippen LogP contribution in [-0.4, -0.2) is 31.4 Å². The Bertz CT molecular complexity index is 545. The van der Waals surface area contributed by atoms with Gasteiger partial charge >= 0.3 is 0 Å². The van der Waals surface area contributed by atoms with Crippen molar-refractivity contribution < 1.29 is 13.5 Å². The van der Waals surface area contributed by atoms with Gasteiger partial charge in [0.05, 0.1) is 11.0 Å². The molecule has 1 aromatic rings. The van der Waals surface area contributed by atoms with Crippen molar-refractivity contribution in [2.45, 2.75) is 50.0 Å². The lowest BCUT2D eigenvalue weighted by Gasteiger charge is -2.26. The molecule has 1 aliphatic carbocycles. The summed E-state index contributed by atoms with van der Waals surface area (Å²) in [6.07, 6.45) is 5.36. The standard InChI is InChI=1S/C16H25NO3S/c1-13(18)15-8-10-16(11-9-15)21(19,20)17(2)12-14-6-4-3-5-7-14/h8-11,13-14,18H,3-7,12H2,1-2H3. The van der Waals surface area contributed by atoms with Crippen molar-refractivity contribution in [1.82, 2.24) is 4.31 Å². The van der Waals surface area contributed by atoms with Crippen LogP contribution in [0.25, 0.3) is 0 Å². The van der Waals surface area contributed by atoms with Gasteiger partial charge in [-0.3, -0.25) is 0 Å². The smallest absolute Gasteiger partial charge is 0.242 e. The van der Waals surface area contributed by atoms with Gasteiger partial charge < -0.3 is 5.11 Å². The molecular weight excluding hydrogens is 286 g/mol. The van der Waals surface area contributed by atoms with Crippen LogP contribution in [0.5, 0.6) is 0 Å². The van der Waals surface area contributed by atoms with Crippen LogP contribution in [0, 0.1) is 5.92 Å². The molecule has 0 aromatic heterocycles. The van der Waals surface area contributed by atoms with Crippen LogP contribution in [0.2, 0.25) is 0 Å². The number of aliphatic hydroxyl groups excluding tert-OH is 1. The molecule has 1 atom stereocenters. The molecule has 1 fully saturated rings. The van der Waals surface area contributed by atoms with Crippen LogP contribution >= 0.6 is 0 Å². The summed E-state index contributed by atoms with van der Waals surface area (Å²) in [4.78, 5) is 0.296. The maximum absolute atomic E-state index is 12.6. The lowest BCUT2D eigenvalue weighted by Crippen LogP contribution is -2.32. The summed E-state index contributed by atoms with van der Waals surface area (Å²) in [6, 6.07) is 6.50. The number of hydrogen-bond acceptors (Lipinski definition) is 3. The second-order valence-corrected chi connectivity index (χ2v) is 8.08. The first kappa shape index (κ1) is 16.5. The number of nitrogens with zero attached hydrogens (tertiary/aromatic N) is 1. The molecule has 1 aromatic carbocycles. The highest BCUT2D eigenvalue weighted by molar-refractivity contribution is 7.89. The first-order chi connectivity index (χ1) is 9.91.